The van der Waals surface area contributed by atoms with Gasteiger partial charge in [-0.15, -0.1) is 0 Å². The Balaban J connectivity index is 1.51. The van der Waals surface area contributed by atoms with Crippen molar-refractivity contribution >= 4 is 11.7 Å². The van der Waals surface area contributed by atoms with E-state index >= 15 is 0 Å². The number of nitrogens with zero attached hydrogens (tertiary/aromatic N) is 1. The number of hydrogen-bond donors (Lipinski definition) is 2. The Morgan fingerprint density at radius 3 is 2.80 bits per heavy atom. The van der Waals surface area contributed by atoms with Crippen molar-refractivity contribution in [2.75, 3.05) is 26.3 Å². The minimum atomic E-state index is -0.914. The first-order valence-corrected chi connectivity index (χ1v) is 11.4. The molecule has 1 saturated heterocycles. The number of carbonyl (C=O) groups excluding carboxylic acids is 2. The van der Waals surface area contributed by atoms with E-state index in [2.05, 4.69) is 12.7 Å². The van der Waals surface area contributed by atoms with Crippen LogP contribution >= 0.6 is 0 Å². The fourth-order valence-electron chi connectivity index (χ4n) is 8.42. The van der Waals surface area contributed by atoms with Gasteiger partial charge < -0.3 is 19.8 Å². The maximum absolute atomic E-state index is 14.1. The van der Waals surface area contributed by atoms with E-state index in [1.165, 1.54) is 5.57 Å². The first-order chi connectivity index (χ1) is 14.2. The number of fused-ring (bicyclic) bond motifs is 5. The minimum absolute atomic E-state index is 0.103. The van der Waals surface area contributed by atoms with Crippen LogP contribution < -0.4 is 0 Å². The van der Waals surface area contributed by atoms with Gasteiger partial charge in [-0.25, -0.2) is 0 Å². The molecule has 2 bridgehead atoms. The summed E-state index contributed by atoms with van der Waals surface area (Å²) in [7, 11) is 0. The number of ether oxygens (including phenoxy) is 1. The number of aliphatic hydroxyl groups excluding tert-OH is 1. The molecule has 4 saturated carbocycles. The van der Waals surface area contributed by atoms with E-state index in [1.54, 1.807) is 0 Å². The number of allylic oxidation sites excluding steroid dienone is 2. The third-order valence-electron chi connectivity index (χ3n) is 9.87. The van der Waals surface area contributed by atoms with E-state index in [-0.39, 0.29) is 40.8 Å². The van der Waals surface area contributed by atoms with Gasteiger partial charge in [0.25, 0.3) is 0 Å². The fourth-order valence-corrected chi connectivity index (χ4v) is 8.42. The van der Waals surface area contributed by atoms with Gasteiger partial charge in [0.15, 0.2) is 5.78 Å². The molecule has 6 nitrogen and oxygen atoms in total. The number of Topliss-reactive ketones (excluding diaryl/α,β-unsaturated/α-hetero) is 1. The highest BCUT2D eigenvalue weighted by atomic mass is 16.5. The molecule has 0 radical (unpaired) electrons. The molecular formula is C24H31NO5. The van der Waals surface area contributed by atoms with Gasteiger partial charge in [-0.05, 0) is 49.0 Å². The molecule has 5 fully saturated rings. The molecule has 0 aromatic rings. The van der Waals surface area contributed by atoms with Gasteiger partial charge in [0.2, 0.25) is 5.91 Å². The molecule has 1 aliphatic heterocycles. The van der Waals surface area contributed by atoms with Gasteiger partial charge in [-0.3, -0.25) is 9.59 Å². The van der Waals surface area contributed by atoms with Gasteiger partial charge in [0.05, 0.1) is 24.7 Å². The second-order valence-corrected chi connectivity index (χ2v) is 10.8. The summed E-state index contributed by atoms with van der Waals surface area (Å²) in [5, 5.41) is 21.7. The van der Waals surface area contributed by atoms with Crippen LogP contribution in [0.25, 0.3) is 0 Å². The van der Waals surface area contributed by atoms with E-state index in [9.17, 15) is 19.8 Å². The zero-order valence-electron chi connectivity index (χ0n) is 17.6. The summed E-state index contributed by atoms with van der Waals surface area (Å²) in [6, 6.07) is 0. The van der Waals surface area contributed by atoms with Crippen LogP contribution in [0.15, 0.2) is 23.8 Å². The number of ketones is 1. The topological polar surface area (TPSA) is 87.1 Å². The zero-order valence-corrected chi connectivity index (χ0v) is 17.6. The van der Waals surface area contributed by atoms with Gasteiger partial charge in [-0.2, -0.15) is 0 Å². The molecule has 8 unspecified atom stereocenters. The second kappa shape index (κ2) is 5.84. The zero-order chi connectivity index (χ0) is 21.1. The number of morpholine rings is 1. The maximum atomic E-state index is 14.1. The van der Waals surface area contributed by atoms with Crippen LogP contribution in [0.3, 0.4) is 0 Å². The van der Waals surface area contributed by atoms with Gasteiger partial charge in [0, 0.05) is 30.3 Å². The molecule has 6 rings (SSSR count). The lowest BCUT2D eigenvalue weighted by atomic mass is 9.46. The Labute approximate surface area is 177 Å². The van der Waals surface area contributed by atoms with Crippen molar-refractivity contribution in [1.29, 1.82) is 0 Å². The first kappa shape index (κ1) is 19.2. The molecule has 0 aromatic carbocycles. The Hall–Kier alpha value is -1.50. The molecule has 6 heteroatoms. The van der Waals surface area contributed by atoms with Gasteiger partial charge in [0.1, 0.15) is 6.10 Å². The van der Waals surface area contributed by atoms with E-state index in [0.717, 1.165) is 12.0 Å². The third kappa shape index (κ3) is 2.01. The second-order valence-electron chi connectivity index (χ2n) is 10.8. The molecule has 0 aromatic heterocycles. The van der Waals surface area contributed by atoms with E-state index < -0.39 is 17.1 Å². The van der Waals surface area contributed by atoms with E-state index in [1.807, 2.05) is 11.8 Å². The smallest absolute Gasteiger partial charge is 0.227 e. The van der Waals surface area contributed by atoms with Crippen LogP contribution in [-0.4, -0.2) is 64.8 Å². The molecule has 1 amide bonds. The lowest BCUT2D eigenvalue weighted by Crippen LogP contribution is -2.66. The summed E-state index contributed by atoms with van der Waals surface area (Å²) in [4.78, 5) is 29.0. The van der Waals surface area contributed by atoms with Crippen LogP contribution in [0.4, 0.5) is 0 Å². The largest absolute Gasteiger partial charge is 0.386 e. The summed E-state index contributed by atoms with van der Waals surface area (Å²) in [6.45, 7) is 8.42. The van der Waals surface area contributed by atoms with E-state index in [0.29, 0.717) is 52.0 Å². The Morgan fingerprint density at radius 1 is 1.33 bits per heavy atom. The molecule has 6 aliphatic rings. The summed E-state index contributed by atoms with van der Waals surface area (Å²) in [5.74, 6) is -0.432. The van der Waals surface area contributed by atoms with E-state index in [4.69, 9.17) is 4.74 Å². The van der Waals surface area contributed by atoms with Crippen molar-refractivity contribution in [2.24, 2.45) is 34.5 Å². The fraction of sp³-hybridized carbons (Fsp3) is 0.750. The Morgan fingerprint density at radius 2 is 2.07 bits per heavy atom. The number of carbonyl (C=O) groups is 2. The standard InChI is InChI=1S/C24H31NO5/c1-13-11-23-12-24(13,29)6-5-15(23)14-3-4-16-19(26)20(27)22(16,2)17(14)18(23)21(28)25-7-9-30-10-8-25/h3,15-19,26,29H,1,4-12H2,2H3. The number of hydrogen-bond acceptors (Lipinski definition) is 5. The van der Waals surface area contributed by atoms with Crippen LogP contribution in [-0.2, 0) is 14.3 Å². The van der Waals surface area contributed by atoms with Crippen molar-refractivity contribution < 1.29 is 24.5 Å². The molecule has 30 heavy (non-hydrogen) atoms. The Bertz CT molecular complexity index is 890. The van der Waals surface area contributed by atoms with Crippen LogP contribution in [0.1, 0.15) is 39.0 Å². The Kier molecular flexibility index (Phi) is 3.74. The number of amides is 1. The highest BCUT2D eigenvalue weighted by Crippen LogP contribution is 2.75. The predicted octanol–water partition coefficient (Wildman–Crippen LogP) is 1.46. The molecule has 5 aliphatic carbocycles. The predicted molar refractivity (Wildman–Crippen MR) is 108 cm³/mol. The van der Waals surface area contributed by atoms with Gasteiger partial charge >= 0.3 is 0 Å². The molecule has 2 N–H and O–H groups in total. The molecule has 1 heterocycles. The van der Waals surface area contributed by atoms with Crippen LogP contribution in [0.2, 0.25) is 0 Å². The van der Waals surface area contributed by atoms with Crippen LogP contribution in [0.5, 0.6) is 0 Å². The molecular weight excluding hydrogens is 382 g/mol. The molecule has 1 spiro atoms. The lowest BCUT2D eigenvalue weighted by molar-refractivity contribution is -0.180. The summed E-state index contributed by atoms with van der Waals surface area (Å²) < 4.78 is 5.47. The van der Waals surface area contributed by atoms with Crippen molar-refractivity contribution in [2.45, 2.75) is 50.7 Å². The summed E-state index contributed by atoms with van der Waals surface area (Å²) in [6.07, 6.45) is 4.75. The van der Waals surface area contributed by atoms with Crippen molar-refractivity contribution in [1.82, 2.24) is 4.90 Å². The average molecular weight is 414 g/mol. The summed E-state index contributed by atoms with van der Waals surface area (Å²) in [5.41, 5.74) is 0.152. The third-order valence-corrected chi connectivity index (χ3v) is 9.87. The molecule has 8 atom stereocenters. The number of rotatable bonds is 1. The SMILES string of the molecule is C=C1CC23CC1(O)CCC2C1=CCC2C(O)C(=O)C2(C)C1C3C(=O)N1CCOCC1. The van der Waals surface area contributed by atoms with Crippen LogP contribution in [0, 0.1) is 34.5 Å². The highest BCUT2D eigenvalue weighted by molar-refractivity contribution is 5.98. The quantitative estimate of drug-likeness (QED) is 0.636. The maximum Gasteiger partial charge on any atom is 0.227 e. The normalized spacial score (nSPS) is 51.6. The minimum Gasteiger partial charge on any atom is -0.386 e. The van der Waals surface area contributed by atoms with Crippen molar-refractivity contribution in [3.05, 3.63) is 23.8 Å². The molecule has 162 valence electrons. The number of aliphatic hydroxyl groups is 2. The van der Waals surface area contributed by atoms with Crippen molar-refractivity contribution in [3.63, 3.8) is 0 Å². The first-order valence-electron chi connectivity index (χ1n) is 11.4. The average Bonchev–Trinajstić information content (AvgIpc) is 3.13. The monoisotopic (exact) mass is 413 g/mol. The highest BCUT2D eigenvalue weighted by Gasteiger charge is 2.76. The summed E-state index contributed by atoms with van der Waals surface area (Å²) >= 11 is 0. The van der Waals surface area contributed by atoms with Gasteiger partial charge in [-0.1, -0.05) is 25.2 Å². The lowest BCUT2D eigenvalue weighted by Gasteiger charge is -2.56. The van der Waals surface area contributed by atoms with Crippen molar-refractivity contribution in [3.8, 4) is 0 Å².